The van der Waals surface area contributed by atoms with Gasteiger partial charge in [-0.3, -0.25) is 9.78 Å². The minimum absolute atomic E-state index is 0.247. The molecule has 0 fully saturated rings. The molecule has 1 aromatic carbocycles. The number of amides is 1. The highest BCUT2D eigenvalue weighted by Gasteiger charge is 2.29. The summed E-state index contributed by atoms with van der Waals surface area (Å²) in [6.45, 7) is 5.59. The first-order chi connectivity index (χ1) is 13.3. The molecule has 2 aromatic heterocycles. The Hall–Kier alpha value is -2.25. The predicted octanol–water partition coefficient (Wildman–Crippen LogP) is 4.65. The van der Waals surface area contributed by atoms with Gasteiger partial charge in [0.25, 0.3) is 5.91 Å². The van der Waals surface area contributed by atoms with Crippen LogP contribution in [0.3, 0.4) is 0 Å². The zero-order valence-electron chi connectivity index (χ0n) is 15.7. The molecule has 1 N–H and O–H groups in total. The van der Waals surface area contributed by atoms with E-state index < -0.39 is 11.6 Å². The summed E-state index contributed by atoms with van der Waals surface area (Å²) in [6.07, 6.45) is 4.78. The van der Waals surface area contributed by atoms with Gasteiger partial charge in [0.15, 0.2) is 11.9 Å². The maximum absolute atomic E-state index is 12.8. The van der Waals surface area contributed by atoms with Crippen LogP contribution in [-0.2, 0) is 10.3 Å². The van der Waals surface area contributed by atoms with Crippen molar-refractivity contribution in [2.24, 2.45) is 0 Å². The van der Waals surface area contributed by atoms with E-state index in [9.17, 15) is 4.79 Å². The number of halogens is 2. The Labute approximate surface area is 176 Å². The maximum atomic E-state index is 12.8. The first-order valence-electron chi connectivity index (χ1n) is 8.81. The Kier molecular flexibility index (Phi) is 6.15. The van der Waals surface area contributed by atoms with E-state index in [2.05, 4.69) is 36.2 Å². The lowest BCUT2D eigenvalue weighted by Crippen LogP contribution is -2.48. The molecule has 8 heteroatoms. The first-order valence-corrected chi connectivity index (χ1v) is 9.98. The molecule has 3 rings (SSSR count). The van der Waals surface area contributed by atoms with Crippen LogP contribution in [0.1, 0.15) is 33.0 Å². The Morgan fingerprint density at radius 1 is 1.25 bits per heavy atom. The summed E-state index contributed by atoms with van der Waals surface area (Å²) in [5.74, 6) is 0.791. The van der Waals surface area contributed by atoms with Crippen molar-refractivity contribution >= 4 is 44.3 Å². The number of aromatic nitrogens is 3. The molecule has 1 amide bonds. The van der Waals surface area contributed by atoms with Gasteiger partial charge in [0.05, 0.1) is 16.1 Å². The third-order valence-corrected chi connectivity index (χ3v) is 4.90. The number of nitrogens with zero attached hydrogens (tertiary/aromatic N) is 3. The van der Waals surface area contributed by atoms with E-state index in [1.807, 2.05) is 32.9 Å². The van der Waals surface area contributed by atoms with E-state index in [1.54, 1.807) is 30.7 Å². The standard InChI is InChI=1S/C20H20BrClN4O2/c1-4-16(18(27)26-20(2,3)19-23-6-5-7-24-19)28-14-9-12-8-13(21)11-25-17(12)15(22)10-14/h5-11,16H,4H2,1-3H3,(H,26,27)/t16-/m1/s1. The van der Waals surface area contributed by atoms with Crippen LogP contribution in [0, 0.1) is 0 Å². The Bertz CT molecular complexity index is 998. The van der Waals surface area contributed by atoms with Crippen molar-refractivity contribution in [3.05, 3.63) is 58.2 Å². The zero-order valence-corrected chi connectivity index (χ0v) is 18.1. The molecule has 1 atom stereocenters. The second-order valence-corrected chi connectivity index (χ2v) is 8.15. The molecular weight excluding hydrogens is 444 g/mol. The fourth-order valence-electron chi connectivity index (χ4n) is 2.77. The van der Waals surface area contributed by atoms with Gasteiger partial charge in [-0.25, -0.2) is 9.97 Å². The van der Waals surface area contributed by atoms with Crippen LogP contribution in [0.4, 0.5) is 0 Å². The van der Waals surface area contributed by atoms with E-state index in [1.165, 1.54) is 0 Å². The van der Waals surface area contributed by atoms with Gasteiger partial charge < -0.3 is 10.1 Å². The third kappa shape index (κ3) is 4.59. The molecule has 0 aliphatic rings. The second kappa shape index (κ2) is 8.41. The Balaban J connectivity index is 1.80. The molecule has 0 saturated heterocycles. The fraction of sp³-hybridized carbons (Fsp3) is 0.300. The molecular formula is C20H20BrClN4O2. The van der Waals surface area contributed by atoms with Crippen LogP contribution in [0.2, 0.25) is 5.02 Å². The van der Waals surface area contributed by atoms with Gasteiger partial charge in [0.2, 0.25) is 0 Å². The minimum Gasteiger partial charge on any atom is -0.481 e. The third-order valence-electron chi connectivity index (χ3n) is 4.18. The summed E-state index contributed by atoms with van der Waals surface area (Å²) in [6, 6.07) is 7.13. The average molecular weight is 464 g/mol. The number of carbonyl (C=O) groups excluding carboxylic acids is 1. The Morgan fingerprint density at radius 3 is 2.64 bits per heavy atom. The number of benzene rings is 1. The van der Waals surface area contributed by atoms with Gasteiger partial charge in [-0.2, -0.15) is 0 Å². The van der Waals surface area contributed by atoms with Crippen molar-refractivity contribution in [2.45, 2.75) is 38.8 Å². The molecule has 28 heavy (non-hydrogen) atoms. The molecule has 0 bridgehead atoms. The molecule has 6 nitrogen and oxygen atoms in total. The summed E-state index contributed by atoms with van der Waals surface area (Å²) < 4.78 is 6.79. The zero-order chi connectivity index (χ0) is 20.3. The lowest BCUT2D eigenvalue weighted by Gasteiger charge is -2.27. The SMILES string of the molecule is CC[C@@H](Oc1cc(Cl)c2ncc(Br)cc2c1)C(=O)NC(C)(C)c1ncccn1. The highest BCUT2D eigenvalue weighted by atomic mass is 79.9. The normalized spacial score (nSPS) is 12.6. The molecule has 2 heterocycles. The van der Waals surface area contributed by atoms with Gasteiger partial charge in [-0.1, -0.05) is 18.5 Å². The van der Waals surface area contributed by atoms with E-state index >= 15 is 0 Å². The summed E-state index contributed by atoms with van der Waals surface area (Å²) >= 11 is 9.73. The van der Waals surface area contributed by atoms with Gasteiger partial charge in [-0.05, 0) is 54.4 Å². The molecule has 0 aliphatic heterocycles. The summed E-state index contributed by atoms with van der Waals surface area (Å²) in [5, 5.41) is 4.25. The van der Waals surface area contributed by atoms with E-state index in [-0.39, 0.29) is 5.91 Å². The highest BCUT2D eigenvalue weighted by Crippen LogP contribution is 2.30. The van der Waals surface area contributed by atoms with Crippen molar-refractivity contribution in [3.8, 4) is 5.75 Å². The number of pyridine rings is 1. The number of fused-ring (bicyclic) bond motifs is 1. The summed E-state index contributed by atoms with van der Waals surface area (Å²) in [7, 11) is 0. The number of rotatable bonds is 6. The number of ether oxygens (including phenoxy) is 1. The number of hydrogen-bond donors (Lipinski definition) is 1. The number of carbonyl (C=O) groups is 1. The van der Waals surface area contributed by atoms with Crippen molar-refractivity contribution in [2.75, 3.05) is 0 Å². The van der Waals surface area contributed by atoms with Gasteiger partial charge in [0, 0.05) is 34.5 Å². The van der Waals surface area contributed by atoms with Crippen LogP contribution < -0.4 is 10.1 Å². The van der Waals surface area contributed by atoms with E-state index in [0.717, 1.165) is 9.86 Å². The highest BCUT2D eigenvalue weighted by molar-refractivity contribution is 9.10. The lowest BCUT2D eigenvalue weighted by atomic mass is 10.0. The fourth-order valence-corrected chi connectivity index (χ4v) is 3.39. The van der Waals surface area contributed by atoms with Crippen molar-refractivity contribution in [1.82, 2.24) is 20.3 Å². The van der Waals surface area contributed by atoms with E-state index in [4.69, 9.17) is 16.3 Å². The molecule has 0 spiro atoms. The van der Waals surface area contributed by atoms with Crippen LogP contribution in [0.25, 0.3) is 10.9 Å². The molecule has 0 aliphatic carbocycles. The van der Waals surface area contributed by atoms with Crippen LogP contribution in [-0.4, -0.2) is 27.0 Å². The van der Waals surface area contributed by atoms with Crippen LogP contribution in [0.5, 0.6) is 5.75 Å². The maximum Gasteiger partial charge on any atom is 0.261 e. The minimum atomic E-state index is -0.731. The topological polar surface area (TPSA) is 77.0 Å². The van der Waals surface area contributed by atoms with Crippen molar-refractivity contribution < 1.29 is 9.53 Å². The largest absolute Gasteiger partial charge is 0.481 e. The molecule has 0 saturated carbocycles. The predicted molar refractivity (Wildman–Crippen MR) is 112 cm³/mol. The lowest BCUT2D eigenvalue weighted by molar-refractivity contribution is -0.130. The molecule has 0 unspecified atom stereocenters. The van der Waals surface area contributed by atoms with Crippen LogP contribution >= 0.6 is 27.5 Å². The van der Waals surface area contributed by atoms with Gasteiger partial charge in [0.1, 0.15) is 5.75 Å². The van der Waals surface area contributed by atoms with Crippen molar-refractivity contribution in [3.63, 3.8) is 0 Å². The van der Waals surface area contributed by atoms with E-state index in [0.29, 0.717) is 28.5 Å². The average Bonchev–Trinajstić information content (AvgIpc) is 2.66. The summed E-state index contributed by atoms with van der Waals surface area (Å²) in [4.78, 5) is 25.6. The molecule has 146 valence electrons. The Morgan fingerprint density at radius 2 is 1.96 bits per heavy atom. The smallest absolute Gasteiger partial charge is 0.261 e. The number of hydrogen-bond acceptors (Lipinski definition) is 5. The molecule has 3 aromatic rings. The summed E-state index contributed by atoms with van der Waals surface area (Å²) in [5.41, 5.74) is -0.0534. The molecule has 0 radical (unpaired) electrons. The van der Waals surface area contributed by atoms with Gasteiger partial charge >= 0.3 is 0 Å². The van der Waals surface area contributed by atoms with Gasteiger partial charge in [-0.15, -0.1) is 0 Å². The quantitative estimate of drug-likeness (QED) is 0.576. The van der Waals surface area contributed by atoms with Crippen LogP contribution in [0.15, 0.2) is 47.3 Å². The monoisotopic (exact) mass is 462 g/mol. The first kappa shape index (κ1) is 20.5. The number of nitrogens with one attached hydrogen (secondary N) is 1. The van der Waals surface area contributed by atoms with Crippen molar-refractivity contribution in [1.29, 1.82) is 0 Å². The second-order valence-electron chi connectivity index (χ2n) is 6.83.